The van der Waals surface area contributed by atoms with Gasteiger partial charge >= 0.3 is 0 Å². The molecule has 0 radical (unpaired) electrons. The number of ether oxygens (including phenoxy) is 1. The fourth-order valence-electron chi connectivity index (χ4n) is 2.50. The van der Waals surface area contributed by atoms with Crippen molar-refractivity contribution in [3.05, 3.63) is 29.8 Å². The van der Waals surface area contributed by atoms with Crippen LogP contribution in [0.3, 0.4) is 0 Å². The topological polar surface area (TPSA) is 58.6 Å². The maximum absolute atomic E-state index is 12.0. The minimum atomic E-state index is -0.167. The normalized spacial score (nSPS) is 20.1. The highest BCUT2D eigenvalue weighted by atomic mass is 16.5. The number of nitrogens with one attached hydrogen (secondary N) is 1. The number of aliphatic hydroxyl groups is 1. The Kier molecular flexibility index (Phi) is 5.79. The number of benzene rings is 1. The highest BCUT2D eigenvalue weighted by Crippen LogP contribution is 2.32. The number of aliphatic hydroxyl groups excluding tert-OH is 1. The number of amides is 1. The van der Waals surface area contributed by atoms with Gasteiger partial charge in [0.2, 0.25) is 5.91 Å². The zero-order valence-corrected chi connectivity index (χ0v) is 12.3. The smallest absolute Gasteiger partial charge is 0.224 e. The van der Waals surface area contributed by atoms with E-state index in [1.54, 1.807) is 0 Å². The molecule has 4 nitrogen and oxygen atoms in total. The summed E-state index contributed by atoms with van der Waals surface area (Å²) in [5.41, 5.74) is 1.52. The van der Waals surface area contributed by atoms with Crippen LogP contribution in [-0.4, -0.2) is 30.3 Å². The molecule has 4 heteroatoms. The lowest BCUT2D eigenvalue weighted by atomic mass is 9.80. The summed E-state index contributed by atoms with van der Waals surface area (Å²) in [4.78, 5) is 12.0. The van der Waals surface area contributed by atoms with Crippen molar-refractivity contribution in [1.29, 1.82) is 0 Å². The summed E-state index contributed by atoms with van der Waals surface area (Å²) in [5, 5.41) is 11.6. The third kappa shape index (κ3) is 4.89. The number of hydrogen-bond donors (Lipinski definition) is 2. The molecule has 21 heavy (non-hydrogen) atoms. The van der Waals surface area contributed by atoms with Gasteiger partial charge in [0, 0.05) is 24.3 Å². The minimum Gasteiger partial charge on any atom is -0.384 e. The maximum atomic E-state index is 12.0. The van der Waals surface area contributed by atoms with Gasteiger partial charge in [0.15, 0.2) is 0 Å². The molecule has 0 spiro atoms. The fourth-order valence-corrected chi connectivity index (χ4v) is 2.50. The molecule has 1 aliphatic rings. The Labute approximate surface area is 125 Å². The second kappa shape index (κ2) is 7.82. The van der Waals surface area contributed by atoms with Crippen LogP contribution in [0.4, 0.5) is 5.69 Å². The molecule has 1 fully saturated rings. The maximum Gasteiger partial charge on any atom is 0.224 e. The lowest BCUT2D eigenvalue weighted by molar-refractivity contribution is -0.119. The van der Waals surface area contributed by atoms with Crippen LogP contribution in [0.15, 0.2) is 24.3 Å². The van der Waals surface area contributed by atoms with Crippen molar-refractivity contribution in [2.75, 3.05) is 18.5 Å². The van der Waals surface area contributed by atoms with Gasteiger partial charge in [-0.1, -0.05) is 17.9 Å². The summed E-state index contributed by atoms with van der Waals surface area (Å²) in [6.07, 6.45) is 2.83. The van der Waals surface area contributed by atoms with E-state index < -0.39 is 0 Å². The van der Waals surface area contributed by atoms with E-state index in [-0.39, 0.29) is 12.5 Å². The number of rotatable bonds is 5. The second-order valence-corrected chi connectivity index (χ2v) is 5.21. The molecule has 0 heterocycles. The standard InChI is InChI=1S/C17H21NO3/c1-2-21-16-10-14(11-16)12-17(20)18-15-7-3-5-13(9-15)6-4-8-19/h3,5,7,9,14,16,19H,2,8,10-12H2,1H3,(H,18,20). The van der Waals surface area contributed by atoms with Crippen molar-refractivity contribution < 1.29 is 14.6 Å². The van der Waals surface area contributed by atoms with Crippen molar-refractivity contribution in [2.45, 2.75) is 32.3 Å². The van der Waals surface area contributed by atoms with Crippen LogP contribution in [0.25, 0.3) is 0 Å². The number of hydrogen-bond acceptors (Lipinski definition) is 3. The largest absolute Gasteiger partial charge is 0.384 e. The van der Waals surface area contributed by atoms with Gasteiger partial charge < -0.3 is 15.2 Å². The molecule has 1 aliphatic carbocycles. The molecule has 2 N–H and O–H groups in total. The van der Waals surface area contributed by atoms with Crippen molar-refractivity contribution >= 4 is 11.6 Å². The Morgan fingerprint density at radius 1 is 1.48 bits per heavy atom. The zero-order valence-electron chi connectivity index (χ0n) is 12.3. The Morgan fingerprint density at radius 3 is 3.00 bits per heavy atom. The van der Waals surface area contributed by atoms with E-state index in [0.29, 0.717) is 18.4 Å². The SMILES string of the molecule is CCOC1CC(CC(=O)Nc2cccc(C#CCO)c2)C1. The van der Waals surface area contributed by atoms with E-state index in [1.165, 1.54) is 0 Å². The summed E-state index contributed by atoms with van der Waals surface area (Å²) < 4.78 is 5.49. The van der Waals surface area contributed by atoms with Crippen LogP contribution in [-0.2, 0) is 9.53 Å². The lowest BCUT2D eigenvalue weighted by Crippen LogP contribution is -2.33. The van der Waals surface area contributed by atoms with Gasteiger partial charge in [-0.2, -0.15) is 0 Å². The quantitative estimate of drug-likeness (QED) is 0.816. The van der Waals surface area contributed by atoms with Crippen LogP contribution in [0.1, 0.15) is 31.7 Å². The van der Waals surface area contributed by atoms with E-state index in [4.69, 9.17) is 9.84 Å². The molecule has 1 saturated carbocycles. The molecular formula is C17H21NO3. The molecule has 0 bridgehead atoms. The number of anilines is 1. The van der Waals surface area contributed by atoms with Gasteiger partial charge in [-0.05, 0) is 43.9 Å². The van der Waals surface area contributed by atoms with Gasteiger partial charge in [0.05, 0.1) is 6.10 Å². The molecule has 112 valence electrons. The first-order valence-electron chi connectivity index (χ1n) is 7.32. The summed E-state index contributed by atoms with van der Waals surface area (Å²) in [5.74, 6) is 5.87. The molecular weight excluding hydrogens is 266 g/mol. The van der Waals surface area contributed by atoms with E-state index in [0.717, 1.165) is 30.7 Å². The summed E-state index contributed by atoms with van der Waals surface area (Å²) in [6.45, 7) is 2.57. The minimum absolute atomic E-state index is 0.0298. The van der Waals surface area contributed by atoms with Crippen molar-refractivity contribution in [3.63, 3.8) is 0 Å². The molecule has 1 amide bonds. The monoisotopic (exact) mass is 287 g/mol. The molecule has 0 unspecified atom stereocenters. The highest BCUT2D eigenvalue weighted by Gasteiger charge is 2.30. The van der Waals surface area contributed by atoms with Crippen molar-refractivity contribution in [1.82, 2.24) is 0 Å². The average Bonchev–Trinajstić information content (AvgIpc) is 2.43. The molecule has 0 atom stereocenters. The average molecular weight is 287 g/mol. The molecule has 2 rings (SSSR count). The Hall–Kier alpha value is -1.83. The fraction of sp³-hybridized carbons (Fsp3) is 0.471. The van der Waals surface area contributed by atoms with E-state index in [2.05, 4.69) is 17.2 Å². The highest BCUT2D eigenvalue weighted by molar-refractivity contribution is 5.91. The van der Waals surface area contributed by atoms with Crippen LogP contribution in [0.5, 0.6) is 0 Å². The van der Waals surface area contributed by atoms with Gasteiger partial charge in [-0.25, -0.2) is 0 Å². The van der Waals surface area contributed by atoms with Gasteiger partial charge in [0.1, 0.15) is 6.61 Å². The van der Waals surface area contributed by atoms with Crippen molar-refractivity contribution in [2.24, 2.45) is 5.92 Å². The lowest BCUT2D eigenvalue weighted by Gasteiger charge is -2.34. The number of carbonyl (C=O) groups excluding carboxylic acids is 1. The van der Waals surface area contributed by atoms with Crippen LogP contribution < -0.4 is 5.32 Å². The zero-order chi connectivity index (χ0) is 15.1. The van der Waals surface area contributed by atoms with Crippen molar-refractivity contribution in [3.8, 4) is 11.8 Å². The second-order valence-electron chi connectivity index (χ2n) is 5.21. The molecule has 1 aromatic carbocycles. The van der Waals surface area contributed by atoms with Crippen LogP contribution >= 0.6 is 0 Å². The predicted octanol–water partition coefficient (Wildman–Crippen LogP) is 2.17. The molecule has 0 aromatic heterocycles. The Bertz CT molecular complexity index is 538. The third-order valence-electron chi connectivity index (χ3n) is 3.53. The summed E-state index contributed by atoms with van der Waals surface area (Å²) >= 11 is 0. The first kappa shape index (κ1) is 15.6. The Morgan fingerprint density at radius 2 is 2.29 bits per heavy atom. The summed E-state index contributed by atoms with van der Waals surface area (Å²) in [6, 6.07) is 7.33. The van der Waals surface area contributed by atoms with Gasteiger partial charge in [-0.3, -0.25) is 4.79 Å². The first-order chi connectivity index (χ1) is 10.2. The Balaban J connectivity index is 1.80. The molecule has 0 saturated heterocycles. The summed E-state index contributed by atoms with van der Waals surface area (Å²) in [7, 11) is 0. The van der Waals surface area contributed by atoms with E-state index >= 15 is 0 Å². The van der Waals surface area contributed by atoms with E-state index in [9.17, 15) is 4.79 Å². The predicted molar refractivity (Wildman–Crippen MR) is 81.8 cm³/mol. The third-order valence-corrected chi connectivity index (χ3v) is 3.53. The molecule has 1 aromatic rings. The van der Waals surface area contributed by atoms with Crippen LogP contribution in [0.2, 0.25) is 0 Å². The van der Waals surface area contributed by atoms with Gasteiger partial charge in [-0.15, -0.1) is 0 Å². The number of carbonyl (C=O) groups is 1. The molecule has 0 aliphatic heterocycles. The first-order valence-corrected chi connectivity index (χ1v) is 7.32. The van der Waals surface area contributed by atoms with Crippen LogP contribution in [0, 0.1) is 17.8 Å². The van der Waals surface area contributed by atoms with E-state index in [1.807, 2.05) is 31.2 Å². The van der Waals surface area contributed by atoms with Gasteiger partial charge in [0.25, 0.3) is 0 Å².